The molecule has 0 N–H and O–H groups in total. The van der Waals surface area contributed by atoms with Crippen LogP contribution in [0.2, 0.25) is 0 Å². The van der Waals surface area contributed by atoms with Crippen molar-refractivity contribution in [1.82, 2.24) is 0 Å². The van der Waals surface area contributed by atoms with Crippen molar-refractivity contribution < 1.29 is 0 Å². The Morgan fingerprint density at radius 2 is 2.62 bits per heavy atom. The summed E-state index contributed by atoms with van der Waals surface area (Å²) in [6.07, 6.45) is 5.24. The van der Waals surface area contributed by atoms with Gasteiger partial charge in [-0.2, -0.15) is 11.8 Å². The van der Waals surface area contributed by atoms with Crippen LogP contribution in [0, 0.1) is 5.92 Å². The molecule has 44 valence electrons. The first-order valence-corrected chi connectivity index (χ1v) is 4.39. The third kappa shape index (κ3) is 0.609. The zero-order valence-corrected chi connectivity index (χ0v) is 5.71. The quantitative estimate of drug-likeness (QED) is 0.448. The molecule has 1 heterocycles. The topological polar surface area (TPSA) is 0 Å². The molecule has 0 nitrogen and oxygen atoms in total. The highest BCUT2D eigenvalue weighted by molar-refractivity contribution is 7.99. The number of allylic oxidation sites excluding steroid dienone is 1. The molecule has 1 aliphatic heterocycles. The number of fused-ring (bicyclic) bond motifs is 1. The molecule has 0 aromatic heterocycles. The highest BCUT2D eigenvalue weighted by Crippen LogP contribution is 2.37. The van der Waals surface area contributed by atoms with Crippen LogP contribution in [0.5, 0.6) is 0 Å². The molecule has 1 heteroatoms. The molecule has 0 bridgehead atoms. The molecule has 2 rings (SSSR count). The predicted octanol–water partition coefficient (Wildman–Crippen LogP) is 2.07. The van der Waals surface area contributed by atoms with E-state index in [1.165, 1.54) is 24.3 Å². The summed E-state index contributed by atoms with van der Waals surface area (Å²) in [4.78, 5) is 0. The van der Waals surface area contributed by atoms with Gasteiger partial charge in [-0.25, -0.2) is 0 Å². The lowest BCUT2D eigenvalue weighted by atomic mass is 10.1. The van der Waals surface area contributed by atoms with Crippen molar-refractivity contribution in [2.45, 2.75) is 12.8 Å². The normalized spacial score (nSPS) is 35.0. The van der Waals surface area contributed by atoms with Gasteiger partial charge in [-0.15, -0.1) is 0 Å². The van der Waals surface area contributed by atoms with Gasteiger partial charge in [0.25, 0.3) is 0 Å². The maximum absolute atomic E-state index is 2.44. The molecule has 0 saturated carbocycles. The summed E-state index contributed by atoms with van der Waals surface area (Å²) < 4.78 is 0. The van der Waals surface area contributed by atoms with Gasteiger partial charge in [-0.3, -0.25) is 0 Å². The van der Waals surface area contributed by atoms with E-state index in [2.05, 4.69) is 17.8 Å². The van der Waals surface area contributed by atoms with Gasteiger partial charge in [0.05, 0.1) is 0 Å². The molecule has 8 heavy (non-hydrogen) atoms. The first-order valence-electron chi connectivity index (χ1n) is 3.23. The van der Waals surface area contributed by atoms with Crippen molar-refractivity contribution in [3.63, 3.8) is 0 Å². The second-order valence-corrected chi connectivity index (χ2v) is 3.60. The smallest absolute Gasteiger partial charge is 0.0146 e. The van der Waals surface area contributed by atoms with E-state index >= 15 is 0 Å². The minimum atomic E-state index is 1.000. The van der Waals surface area contributed by atoms with Crippen LogP contribution in [0.1, 0.15) is 12.8 Å². The maximum atomic E-state index is 2.44. The Labute approximate surface area is 54.4 Å². The van der Waals surface area contributed by atoms with Crippen LogP contribution in [-0.2, 0) is 0 Å². The zero-order valence-electron chi connectivity index (χ0n) is 4.89. The molecule has 0 aromatic rings. The standard InChI is InChI=1S/C7H10S/c1-2-6-4-8-5-7(6)3-1/h2,7H,1,3-5H2. The van der Waals surface area contributed by atoms with E-state index in [-0.39, 0.29) is 0 Å². The lowest BCUT2D eigenvalue weighted by molar-refractivity contribution is 0.697. The highest BCUT2D eigenvalue weighted by atomic mass is 32.2. The lowest BCUT2D eigenvalue weighted by Gasteiger charge is -1.97. The van der Waals surface area contributed by atoms with E-state index in [9.17, 15) is 0 Å². The summed E-state index contributed by atoms with van der Waals surface area (Å²) in [5.74, 6) is 3.75. The first-order chi connectivity index (χ1) is 3.97. The van der Waals surface area contributed by atoms with Crippen LogP contribution >= 0.6 is 11.8 Å². The van der Waals surface area contributed by atoms with Gasteiger partial charge in [0.15, 0.2) is 0 Å². The fourth-order valence-corrected chi connectivity index (χ4v) is 2.88. The summed E-state index contributed by atoms with van der Waals surface area (Å²) in [5, 5.41) is 0. The fraction of sp³-hybridized carbons (Fsp3) is 0.714. The molecule has 0 aromatic carbocycles. The summed E-state index contributed by atoms with van der Waals surface area (Å²) >= 11 is 2.10. The van der Waals surface area contributed by atoms with Crippen LogP contribution in [-0.4, -0.2) is 11.5 Å². The van der Waals surface area contributed by atoms with Gasteiger partial charge in [-0.05, 0) is 18.8 Å². The molecule has 1 fully saturated rings. The Morgan fingerprint density at radius 1 is 1.62 bits per heavy atom. The number of hydrogen-bond acceptors (Lipinski definition) is 1. The van der Waals surface area contributed by atoms with E-state index in [0.717, 1.165) is 5.92 Å². The van der Waals surface area contributed by atoms with Gasteiger partial charge in [-0.1, -0.05) is 11.6 Å². The fourth-order valence-electron chi connectivity index (χ4n) is 1.51. The zero-order chi connectivity index (χ0) is 5.40. The third-order valence-electron chi connectivity index (χ3n) is 2.03. The van der Waals surface area contributed by atoms with E-state index < -0.39 is 0 Å². The summed E-state index contributed by atoms with van der Waals surface area (Å²) in [6.45, 7) is 0. The SMILES string of the molecule is C1=C2CSCC2CC1. The van der Waals surface area contributed by atoms with Gasteiger partial charge in [0, 0.05) is 11.5 Å². The van der Waals surface area contributed by atoms with Crippen molar-refractivity contribution in [1.29, 1.82) is 0 Å². The van der Waals surface area contributed by atoms with E-state index in [4.69, 9.17) is 0 Å². The van der Waals surface area contributed by atoms with Crippen molar-refractivity contribution in [2.75, 3.05) is 11.5 Å². The van der Waals surface area contributed by atoms with Crippen LogP contribution in [0.25, 0.3) is 0 Å². The van der Waals surface area contributed by atoms with Crippen molar-refractivity contribution in [2.24, 2.45) is 5.92 Å². The molecular formula is C7H10S. The Kier molecular flexibility index (Phi) is 1.11. The van der Waals surface area contributed by atoms with Crippen molar-refractivity contribution in [3.8, 4) is 0 Å². The number of rotatable bonds is 0. The van der Waals surface area contributed by atoms with E-state index in [1.54, 1.807) is 5.57 Å². The lowest BCUT2D eigenvalue weighted by Crippen LogP contribution is -1.92. The van der Waals surface area contributed by atoms with Crippen LogP contribution in [0.3, 0.4) is 0 Å². The second kappa shape index (κ2) is 1.80. The summed E-state index contributed by atoms with van der Waals surface area (Å²) in [7, 11) is 0. The third-order valence-corrected chi connectivity index (χ3v) is 3.21. The minimum absolute atomic E-state index is 1.000. The Balaban J connectivity index is 2.20. The Hall–Kier alpha value is 0.0900. The number of hydrogen-bond donors (Lipinski definition) is 0. The summed E-state index contributed by atoms with van der Waals surface area (Å²) in [5.41, 5.74) is 1.75. The van der Waals surface area contributed by atoms with Gasteiger partial charge in [0.1, 0.15) is 0 Å². The monoisotopic (exact) mass is 126 g/mol. The van der Waals surface area contributed by atoms with Crippen LogP contribution in [0.4, 0.5) is 0 Å². The van der Waals surface area contributed by atoms with E-state index in [1.807, 2.05) is 0 Å². The van der Waals surface area contributed by atoms with E-state index in [0.29, 0.717) is 0 Å². The molecule has 1 saturated heterocycles. The largest absolute Gasteiger partial charge is 0.157 e. The maximum Gasteiger partial charge on any atom is 0.0146 e. The molecule has 1 atom stereocenters. The molecule has 0 radical (unpaired) electrons. The molecule has 0 amide bonds. The average Bonchev–Trinajstić information content (AvgIpc) is 2.15. The van der Waals surface area contributed by atoms with Gasteiger partial charge < -0.3 is 0 Å². The summed E-state index contributed by atoms with van der Waals surface area (Å²) in [6, 6.07) is 0. The molecule has 1 unspecified atom stereocenters. The minimum Gasteiger partial charge on any atom is -0.157 e. The van der Waals surface area contributed by atoms with Crippen molar-refractivity contribution in [3.05, 3.63) is 11.6 Å². The Bertz CT molecular complexity index is 126. The van der Waals surface area contributed by atoms with Crippen LogP contribution in [0.15, 0.2) is 11.6 Å². The molecule has 1 aliphatic carbocycles. The molecule has 0 spiro atoms. The number of thioether (sulfide) groups is 1. The molecular weight excluding hydrogens is 116 g/mol. The average molecular weight is 126 g/mol. The first kappa shape index (κ1) is 4.92. The van der Waals surface area contributed by atoms with Crippen molar-refractivity contribution >= 4 is 11.8 Å². The Morgan fingerprint density at radius 3 is 3.50 bits per heavy atom. The second-order valence-electron chi connectivity index (χ2n) is 2.57. The van der Waals surface area contributed by atoms with Gasteiger partial charge in [0.2, 0.25) is 0 Å². The molecule has 2 aliphatic rings. The van der Waals surface area contributed by atoms with Crippen LogP contribution < -0.4 is 0 Å². The van der Waals surface area contributed by atoms with Gasteiger partial charge >= 0.3 is 0 Å². The predicted molar refractivity (Wildman–Crippen MR) is 38.1 cm³/mol. The highest BCUT2D eigenvalue weighted by Gasteiger charge is 2.23.